The number of carbonyl (C=O) groups is 2. The number of nitrogens with zero attached hydrogens (tertiary/aromatic N) is 1. The zero-order chi connectivity index (χ0) is 20.8. The number of nitro groups is 1. The van der Waals surface area contributed by atoms with Gasteiger partial charge in [-0.1, -0.05) is 17.7 Å². The van der Waals surface area contributed by atoms with Gasteiger partial charge < -0.3 is 10.1 Å². The van der Waals surface area contributed by atoms with Gasteiger partial charge in [-0.15, -0.1) is 0 Å². The van der Waals surface area contributed by atoms with Crippen molar-refractivity contribution >= 4 is 40.9 Å². The van der Waals surface area contributed by atoms with E-state index in [0.29, 0.717) is 11.6 Å². The molecule has 1 N–H and O–H groups in total. The van der Waals surface area contributed by atoms with E-state index >= 15 is 0 Å². The van der Waals surface area contributed by atoms with Crippen LogP contribution in [0.1, 0.15) is 12.5 Å². The molecule has 0 aliphatic rings. The molecule has 10 heteroatoms. The number of nitrogens with one attached hydrogen (secondary N) is 1. The average Bonchev–Trinajstić information content (AvgIpc) is 2.63. The molecule has 0 bridgehead atoms. The van der Waals surface area contributed by atoms with Gasteiger partial charge >= 0.3 is 5.97 Å². The van der Waals surface area contributed by atoms with Gasteiger partial charge in [-0.3, -0.25) is 14.9 Å². The summed E-state index contributed by atoms with van der Waals surface area (Å²) >= 11 is 5.69. The number of ether oxygens (including phenoxy) is 1. The van der Waals surface area contributed by atoms with Gasteiger partial charge in [0.2, 0.25) is 0 Å². The molecule has 0 saturated carbocycles. The lowest BCUT2D eigenvalue weighted by molar-refractivity contribution is -0.384. The topological polar surface area (TPSA) is 98.5 Å². The Bertz CT molecular complexity index is 965. The Morgan fingerprint density at radius 3 is 2.61 bits per heavy atom. The highest BCUT2D eigenvalue weighted by Gasteiger charge is 2.18. The van der Waals surface area contributed by atoms with E-state index in [4.69, 9.17) is 16.3 Å². The summed E-state index contributed by atoms with van der Waals surface area (Å²) in [6, 6.07) is 6.51. The Labute approximate surface area is 162 Å². The Balaban J connectivity index is 1.98. The third-order valence-corrected chi connectivity index (χ3v) is 3.75. The summed E-state index contributed by atoms with van der Waals surface area (Å²) in [4.78, 5) is 33.9. The Morgan fingerprint density at radius 2 is 1.96 bits per heavy atom. The van der Waals surface area contributed by atoms with Crippen LogP contribution in [0, 0.1) is 21.7 Å². The fourth-order valence-electron chi connectivity index (χ4n) is 2.03. The van der Waals surface area contributed by atoms with Crippen LogP contribution in [0.5, 0.6) is 0 Å². The molecule has 1 atom stereocenters. The van der Waals surface area contributed by atoms with E-state index in [1.807, 2.05) is 0 Å². The third kappa shape index (κ3) is 5.58. The predicted octanol–water partition coefficient (Wildman–Crippen LogP) is 4.11. The van der Waals surface area contributed by atoms with Gasteiger partial charge in [0.1, 0.15) is 16.7 Å². The highest BCUT2D eigenvalue weighted by atomic mass is 35.5. The number of benzene rings is 2. The van der Waals surface area contributed by atoms with Crippen LogP contribution in [0.15, 0.2) is 42.5 Å². The fourth-order valence-corrected chi connectivity index (χ4v) is 2.22. The second-order valence-corrected chi connectivity index (χ2v) is 5.90. The molecule has 146 valence electrons. The van der Waals surface area contributed by atoms with Crippen molar-refractivity contribution in [2.45, 2.75) is 13.0 Å². The van der Waals surface area contributed by atoms with Crippen LogP contribution in [0.4, 0.5) is 20.2 Å². The molecular weight excluding hydrogens is 398 g/mol. The lowest BCUT2D eigenvalue weighted by atomic mass is 10.2. The van der Waals surface area contributed by atoms with Crippen LogP contribution in [0.3, 0.4) is 0 Å². The highest BCUT2D eigenvalue weighted by molar-refractivity contribution is 6.32. The summed E-state index contributed by atoms with van der Waals surface area (Å²) in [5, 5.41) is 13.0. The molecule has 0 aromatic heterocycles. The summed E-state index contributed by atoms with van der Waals surface area (Å²) in [6.07, 6.45) is 0.937. The van der Waals surface area contributed by atoms with E-state index in [9.17, 15) is 28.5 Å². The van der Waals surface area contributed by atoms with Gasteiger partial charge in [0, 0.05) is 18.2 Å². The quantitative estimate of drug-likeness (QED) is 0.334. The number of anilines is 1. The minimum atomic E-state index is -1.28. The maximum atomic E-state index is 13.5. The summed E-state index contributed by atoms with van der Waals surface area (Å²) in [5.74, 6) is -3.51. The van der Waals surface area contributed by atoms with E-state index in [-0.39, 0.29) is 16.4 Å². The van der Waals surface area contributed by atoms with Gasteiger partial charge in [0.15, 0.2) is 6.10 Å². The first-order chi connectivity index (χ1) is 13.2. The zero-order valence-electron chi connectivity index (χ0n) is 14.3. The highest BCUT2D eigenvalue weighted by Crippen LogP contribution is 2.25. The summed E-state index contributed by atoms with van der Waals surface area (Å²) in [7, 11) is 0. The molecule has 2 aromatic carbocycles. The first-order valence-electron chi connectivity index (χ1n) is 7.76. The largest absolute Gasteiger partial charge is 0.449 e. The number of hydrogen-bond donors (Lipinski definition) is 1. The van der Waals surface area contributed by atoms with E-state index in [0.717, 1.165) is 18.2 Å². The monoisotopic (exact) mass is 410 g/mol. The van der Waals surface area contributed by atoms with Gasteiger partial charge in [-0.2, -0.15) is 0 Å². The van der Waals surface area contributed by atoms with Crippen LogP contribution in [0.25, 0.3) is 6.08 Å². The summed E-state index contributed by atoms with van der Waals surface area (Å²) in [6.45, 7) is 1.26. The zero-order valence-corrected chi connectivity index (χ0v) is 15.1. The van der Waals surface area contributed by atoms with Crippen molar-refractivity contribution in [3.8, 4) is 0 Å². The van der Waals surface area contributed by atoms with Crippen molar-refractivity contribution in [3.63, 3.8) is 0 Å². The molecular formula is C18H13ClF2N2O5. The van der Waals surface area contributed by atoms with E-state index in [2.05, 4.69) is 5.32 Å². The van der Waals surface area contributed by atoms with E-state index in [1.54, 1.807) is 0 Å². The summed E-state index contributed by atoms with van der Waals surface area (Å²) < 4.78 is 31.3. The van der Waals surface area contributed by atoms with E-state index < -0.39 is 34.5 Å². The molecule has 1 amide bonds. The first kappa shape index (κ1) is 21.0. The molecule has 0 spiro atoms. The van der Waals surface area contributed by atoms with Crippen molar-refractivity contribution in [1.82, 2.24) is 0 Å². The third-order valence-electron chi connectivity index (χ3n) is 3.43. The van der Waals surface area contributed by atoms with Gasteiger partial charge in [0.05, 0.1) is 10.6 Å². The first-order valence-corrected chi connectivity index (χ1v) is 8.13. The number of esters is 1. The lowest BCUT2D eigenvalue weighted by Crippen LogP contribution is -2.29. The van der Waals surface area contributed by atoms with Crippen molar-refractivity contribution in [1.29, 1.82) is 0 Å². The number of carbonyl (C=O) groups excluding carboxylic acids is 2. The number of rotatable bonds is 6. The minimum Gasteiger partial charge on any atom is -0.449 e. The van der Waals surface area contributed by atoms with Crippen LogP contribution in [0.2, 0.25) is 5.02 Å². The average molecular weight is 411 g/mol. The fraction of sp³-hybridized carbons (Fsp3) is 0.111. The van der Waals surface area contributed by atoms with Gasteiger partial charge in [-0.25, -0.2) is 13.6 Å². The Morgan fingerprint density at radius 1 is 1.25 bits per heavy atom. The van der Waals surface area contributed by atoms with Crippen molar-refractivity contribution < 1.29 is 28.0 Å². The number of nitro benzene ring substituents is 1. The second kappa shape index (κ2) is 9.05. The minimum absolute atomic E-state index is 0.0527. The molecule has 0 saturated heterocycles. The Hall–Kier alpha value is -3.33. The number of halogens is 3. The Kier molecular flexibility index (Phi) is 6.78. The van der Waals surface area contributed by atoms with Gasteiger partial charge in [0.25, 0.3) is 11.6 Å². The smallest absolute Gasteiger partial charge is 0.331 e. The van der Waals surface area contributed by atoms with E-state index in [1.165, 1.54) is 31.2 Å². The molecule has 0 heterocycles. The molecule has 28 heavy (non-hydrogen) atoms. The molecule has 2 rings (SSSR count). The molecule has 0 radical (unpaired) electrons. The summed E-state index contributed by atoms with van der Waals surface area (Å²) in [5.41, 5.74) is -0.275. The second-order valence-electron chi connectivity index (χ2n) is 5.49. The van der Waals surface area contributed by atoms with Crippen molar-refractivity contribution in [2.75, 3.05) is 5.32 Å². The normalized spacial score (nSPS) is 11.9. The van der Waals surface area contributed by atoms with Crippen molar-refractivity contribution in [3.05, 3.63) is 74.8 Å². The lowest BCUT2D eigenvalue weighted by Gasteiger charge is -2.12. The molecule has 0 aliphatic heterocycles. The standard InChI is InChI=1S/C18H13ClF2N2O5/c1-10(18(25)22-15-6-4-12(20)9-14(15)21)28-17(24)7-3-11-2-5-13(19)16(8-11)23(26)27/h2-10H,1H3,(H,22,25)/b7-3+. The maximum absolute atomic E-state index is 13.5. The van der Waals surface area contributed by atoms with Gasteiger partial charge in [-0.05, 0) is 36.8 Å². The molecule has 1 unspecified atom stereocenters. The molecule has 0 fully saturated rings. The van der Waals surface area contributed by atoms with Crippen LogP contribution in [-0.4, -0.2) is 22.9 Å². The predicted molar refractivity (Wildman–Crippen MR) is 97.7 cm³/mol. The maximum Gasteiger partial charge on any atom is 0.331 e. The number of hydrogen-bond acceptors (Lipinski definition) is 5. The van der Waals surface area contributed by atoms with Crippen LogP contribution < -0.4 is 5.32 Å². The van der Waals surface area contributed by atoms with Crippen molar-refractivity contribution in [2.24, 2.45) is 0 Å². The van der Waals surface area contributed by atoms with Crippen LogP contribution >= 0.6 is 11.6 Å². The molecule has 0 aliphatic carbocycles. The molecule has 2 aromatic rings. The number of amides is 1. The van der Waals surface area contributed by atoms with Crippen LogP contribution in [-0.2, 0) is 14.3 Å². The molecule has 7 nitrogen and oxygen atoms in total. The SMILES string of the molecule is CC(OC(=O)/C=C/c1ccc(Cl)c([N+](=O)[O-])c1)C(=O)Nc1ccc(F)cc1F.